The van der Waals surface area contributed by atoms with Gasteiger partial charge < -0.3 is 40.2 Å². The molecule has 2 fully saturated rings. The van der Waals surface area contributed by atoms with E-state index < -0.39 is 23.8 Å². The highest BCUT2D eigenvalue weighted by atomic mass is 16.5. The van der Waals surface area contributed by atoms with Crippen molar-refractivity contribution in [2.75, 3.05) is 33.4 Å². The average molecular weight is 841 g/mol. The normalized spacial score (nSPS) is 20.6. The first kappa shape index (κ1) is 47.8. The number of carboxylic acid groups (broad SMARTS) is 1. The minimum atomic E-state index is -0.983. The van der Waals surface area contributed by atoms with Crippen molar-refractivity contribution in [1.29, 1.82) is 0 Å². The summed E-state index contributed by atoms with van der Waals surface area (Å²) in [5.41, 5.74) is 2.98. The Kier molecular flexibility index (Phi) is 17.4. The molecule has 4 aromatic carbocycles. The summed E-state index contributed by atoms with van der Waals surface area (Å²) < 4.78 is 17.3. The summed E-state index contributed by atoms with van der Waals surface area (Å²) >= 11 is 0. The van der Waals surface area contributed by atoms with E-state index in [4.69, 9.17) is 24.4 Å². The Morgan fingerprint density at radius 1 is 0.590 bits per heavy atom. The number of nitrogens with one attached hydrogen (secondary N) is 2. The molecule has 0 aromatic heterocycles. The SMILES string of the molecule is CC(C)(C)C1CCC(Oc2ccc3cc(CNCC(CO)C(=O)O)ccc3c2)CC1.COC(=O)C(CO)CNCc1ccc2cc(OC3CCC(C(C)(C)C)CC3)ccc2c1. The van der Waals surface area contributed by atoms with E-state index in [1.54, 1.807) is 0 Å². The average Bonchev–Trinajstić information content (AvgIpc) is 3.23. The topological polar surface area (TPSA) is 147 Å². The van der Waals surface area contributed by atoms with Crippen LogP contribution >= 0.6 is 0 Å². The zero-order valence-corrected chi connectivity index (χ0v) is 37.7. The number of carboxylic acids is 1. The quantitative estimate of drug-likeness (QED) is 0.0692. The second kappa shape index (κ2) is 22.2. The predicted octanol–water partition coefficient (Wildman–Crippen LogP) is 9.30. The smallest absolute Gasteiger partial charge is 0.312 e. The number of aliphatic hydroxyl groups excluding tert-OH is 2. The lowest BCUT2D eigenvalue weighted by Gasteiger charge is -2.37. The Morgan fingerprint density at radius 2 is 0.967 bits per heavy atom. The lowest BCUT2D eigenvalue weighted by Crippen LogP contribution is -2.31. The number of esters is 1. The molecule has 334 valence electrons. The molecule has 0 saturated heterocycles. The van der Waals surface area contributed by atoms with E-state index in [0.29, 0.717) is 42.7 Å². The van der Waals surface area contributed by atoms with E-state index in [9.17, 15) is 14.7 Å². The van der Waals surface area contributed by atoms with Gasteiger partial charge in [-0.15, -0.1) is 0 Å². The Bertz CT molecular complexity index is 2000. The molecule has 4 aromatic rings. The van der Waals surface area contributed by atoms with Gasteiger partial charge in [0, 0.05) is 26.2 Å². The van der Waals surface area contributed by atoms with Crippen LogP contribution in [0.4, 0.5) is 0 Å². The van der Waals surface area contributed by atoms with Crippen LogP contribution in [0.2, 0.25) is 0 Å². The molecular weight excluding hydrogens is 769 g/mol. The van der Waals surface area contributed by atoms with Gasteiger partial charge in [-0.2, -0.15) is 0 Å². The van der Waals surface area contributed by atoms with Crippen molar-refractivity contribution < 1.29 is 39.1 Å². The molecule has 2 aliphatic rings. The zero-order chi connectivity index (χ0) is 44.2. The molecule has 6 rings (SSSR count). The van der Waals surface area contributed by atoms with Crippen molar-refractivity contribution in [2.24, 2.45) is 34.5 Å². The number of benzene rings is 4. The molecule has 2 aliphatic carbocycles. The number of aliphatic hydroxyl groups is 2. The fourth-order valence-electron chi connectivity index (χ4n) is 8.79. The monoisotopic (exact) mass is 841 g/mol. The lowest BCUT2D eigenvalue weighted by molar-refractivity contribution is -0.146. The van der Waals surface area contributed by atoms with Gasteiger partial charge in [-0.05, 0) is 143 Å². The van der Waals surface area contributed by atoms with Gasteiger partial charge in [-0.1, -0.05) is 77.9 Å². The summed E-state index contributed by atoms with van der Waals surface area (Å²) in [7, 11) is 1.34. The van der Waals surface area contributed by atoms with E-state index in [2.05, 4.69) is 113 Å². The second-order valence-corrected chi connectivity index (χ2v) is 19.5. The van der Waals surface area contributed by atoms with E-state index in [1.807, 2.05) is 12.1 Å². The van der Waals surface area contributed by atoms with E-state index in [0.717, 1.165) is 81.7 Å². The first-order chi connectivity index (χ1) is 29.1. The molecule has 2 unspecified atom stereocenters. The third-order valence-electron chi connectivity index (χ3n) is 12.9. The van der Waals surface area contributed by atoms with Crippen LogP contribution in [-0.2, 0) is 27.4 Å². The summed E-state index contributed by atoms with van der Waals surface area (Å²) in [5, 5.41) is 38.3. The Morgan fingerprint density at radius 3 is 1.33 bits per heavy atom. The summed E-state index contributed by atoms with van der Waals surface area (Å²) in [6.45, 7) is 15.3. The molecule has 0 amide bonds. The van der Waals surface area contributed by atoms with Gasteiger partial charge in [-0.25, -0.2) is 0 Å². The molecule has 0 heterocycles. The number of hydrogen-bond acceptors (Lipinski definition) is 9. The third-order valence-corrected chi connectivity index (χ3v) is 12.9. The second-order valence-electron chi connectivity index (χ2n) is 19.5. The number of hydrogen-bond donors (Lipinski definition) is 5. The fourth-order valence-corrected chi connectivity index (χ4v) is 8.79. The molecule has 2 saturated carbocycles. The van der Waals surface area contributed by atoms with Crippen LogP contribution in [0.1, 0.15) is 104 Å². The molecule has 0 radical (unpaired) electrons. The minimum absolute atomic E-state index is 0.224. The zero-order valence-electron chi connectivity index (χ0n) is 37.7. The van der Waals surface area contributed by atoms with Crippen LogP contribution in [-0.4, -0.2) is 72.9 Å². The summed E-state index contributed by atoms with van der Waals surface area (Å²) in [6.07, 6.45) is 10.1. The van der Waals surface area contributed by atoms with Crippen LogP contribution in [0.5, 0.6) is 11.5 Å². The number of carbonyl (C=O) groups is 2. The van der Waals surface area contributed by atoms with Gasteiger partial charge in [0.2, 0.25) is 0 Å². The largest absolute Gasteiger partial charge is 0.490 e. The Balaban J connectivity index is 0.000000231. The van der Waals surface area contributed by atoms with Gasteiger partial charge >= 0.3 is 11.9 Å². The number of rotatable bonds is 16. The molecule has 61 heavy (non-hydrogen) atoms. The highest BCUT2D eigenvalue weighted by Gasteiger charge is 2.31. The van der Waals surface area contributed by atoms with Crippen LogP contribution in [0.3, 0.4) is 0 Å². The van der Waals surface area contributed by atoms with Crippen molar-refractivity contribution in [1.82, 2.24) is 10.6 Å². The van der Waals surface area contributed by atoms with Crippen molar-refractivity contribution in [3.8, 4) is 11.5 Å². The number of ether oxygens (including phenoxy) is 3. The van der Waals surface area contributed by atoms with Crippen LogP contribution in [0.15, 0.2) is 72.8 Å². The van der Waals surface area contributed by atoms with E-state index in [-0.39, 0.29) is 19.8 Å². The number of fused-ring (bicyclic) bond motifs is 2. The highest BCUT2D eigenvalue weighted by molar-refractivity contribution is 5.85. The van der Waals surface area contributed by atoms with Gasteiger partial charge in [0.05, 0.1) is 44.4 Å². The molecule has 10 heteroatoms. The van der Waals surface area contributed by atoms with Crippen LogP contribution in [0.25, 0.3) is 21.5 Å². The number of methoxy groups -OCH3 is 1. The van der Waals surface area contributed by atoms with Crippen molar-refractivity contribution in [2.45, 2.75) is 118 Å². The predicted molar refractivity (Wildman–Crippen MR) is 244 cm³/mol. The molecular formula is C51H72N2O8. The molecule has 0 spiro atoms. The summed E-state index contributed by atoms with van der Waals surface area (Å²) in [4.78, 5) is 22.5. The fraction of sp³-hybridized carbons (Fsp3) is 0.569. The van der Waals surface area contributed by atoms with Gasteiger partial charge in [0.25, 0.3) is 0 Å². The number of carbonyl (C=O) groups excluding carboxylic acids is 1. The summed E-state index contributed by atoms with van der Waals surface area (Å²) in [6, 6.07) is 25.1. The van der Waals surface area contributed by atoms with Crippen molar-refractivity contribution >= 4 is 33.5 Å². The Hall–Kier alpha value is -4.22. The maximum atomic E-state index is 11.6. The molecule has 2 atom stereocenters. The van der Waals surface area contributed by atoms with Crippen LogP contribution in [0, 0.1) is 34.5 Å². The van der Waals surface area contributed by atoms with Gasteiger partial charge in [0.15, 0.2) is 0 Å². The first-order valence-electron chi connectivity index (χ1n) is 22.4. The third kappa shape index (κ3) is 14.4. The maximum Gasteiger partial charge on any atom is 0.312 e. The van der Waals surface area contributed by atoms with Crippen molar-refractivity contribution in [3.05, 3.63) is 83.9 Å². The first-order valence-corrected chi connectivity index (χ1v) is 22.4. The minimum Gasteiger partial charge on any atom is -0.490 e. The maximum absolute atomic E-state index is 11.6. The highest BCUT2D eigenvalue weighted by Crippen LogP contribution is 2.40. The van der Waals surface area contributed by atoms with Crippen molar-refractivity contribution in [3.63, 3.8) is 0 Å². The van der Waals surface area contributed by atoms with Gasteiger partial charge in [0.1, 0.15) is 11.5 Å². The van der Waals surface area contributed by atoms with Crippen LogP contribution < -0.4 is 20.1 Å². The molecule has 10 nitrogen and oxygen atoms in total. The Labute approximate surface area is 363 Å². The lowest BCUT2D eigenvalue weighted by atomic mass is 9.72. The molecule has 0 aliphatic heterocycles. The summed E-state index contributed by atoms with van der Waals surface area (Å²) in [5.74, 6) is 0.754. The molecule has 5 N–H and O–H groups in total. The van der Waals surface area contributed by atoms with Gasteiger partial charge in [-0.3, -0.25) is 9.59 Å². The standard InChI is InChI=1S/C26H37NO4.C25H35NO4/c1-26(2,3)22-8-11-23(12-9-22)31-24-10-7-19-13-18(5-6-20(19)14-24)15-27-16-21(17-28)25(29)30-4;1-25(2,3)21-7-10-22(11-8-21)30-23-9-6-18-12-17(4-5-19(18)13-23)14-26-15-20(16-27)24(28)29/h5-7,10,13-14,21-23,27-28H,8-9,11-12,15-17H2,1-4H3;4-6,9,12-13,20-22,26-27H,7-8,10-11,14-16H2,1-3H3,(H,28,29). The van der Waals surface area contributed by atoms with E-state index >= 15 is 0 Å². The number of aliphatic carboxylic acids is 1. The molecule has 0 bridgehead atoms. The van der Waals surface area contributed by atoms with E-state index in [1.165, 1.54) is 32.8 Å².